The monoisotopic (exact) mass is 346 g/mol. The van der Waals surface area contributed by atoms with Crippen LogP contribution in [0.2, 0.25) is 0 Å². The van der Waals surface area contributed by atoms with E-state index in [0.29, 0.717) is 17.7 Å². The second-order valence-electron chi connectivity index (χ2n) is 5.65. The Morgan fingerprint density at radius 1 is 1.21 bits per heavy atom. The molecule has 1 unspecified atom stereocenters. The van der Waals surface area contributed by atoms with Gasteiger partial charge in [0.05, 0.1) is 24.6 Å². The van der Waals surface area contributed by atoms with E-state index in [2.05, 4.69) is 10.6 Å². The number of hydrogen-bond donors (Lipinski definition) is 3. The zero-order valence-corrected chi connectivity index (χ0v) is 14.7. The van der Waals surface area contributed by atoms with Gasteiger partial charge in [-0.15, -0.1) is 0 Å². The lowest BCUT2D eigenvalue weighted by molar-refractivity contribution is -0.121. The third kappa shape index (κ3) is 4.91. The SMILES string of the molecule is CCC(CO)NC(=O)Cc1ccc(NC(=O)c2cscc2C)cc1. The average molecular weight is 346 g/mol. The maximum absolute atomic E-state index is 12.2. The summed E-state index contributed by atoms with van der Waals surface area (Å²) >= 11 is 1.50. The molecular formula is C18H22N2O3S. The summed E-state index contributed by atoms with van der Waals surface area (Å²) in [5.41, 5.74) is 3.18. The molecule has 1 aromatic carbocycles. The number of anilines is 1. The van der Waals surface area contributed by atoms with Crippen LogP contribution in [0, 0.1) is 6.92 Å². The molecule has 1 heterocycles. The van der Waals surface area contributed by atoms with Crippen LogP contribution in [-0.4, -0.2) is 29.6 Å². The fourth-order valence-corrected chi connectivity index (χ4v) is 3.07. The quantitative estimate of drug-likeness (QED) is 0.721. The summed E-state index contributed by atoms with van der Waals surface area (Å²) in [7, 11) is 0. The molecular weight excluding hydrogens is 324 g/mol. The number of benzene rings is 1. The number of rotatable bonds is 7. The molecule has 0 spiro atoms. The molecule has 0 bridgehead atoms. The van der Waals surface area contributed by atoms with Crippen LogP contribution in [0.1, 0.15) is 34.8 Å². The Morgan fingerprint density at radius 2 is 1.92 bits per heavy atom. The molecule has 24 heavy (non-hydrogen) atoms. The maximum Gasteiger partial charge on any atom is 0.256 e. The van der Waals surface area contributed by atoms with Crippen molar-refractivity contribution >= 4 is 28.8 Å². The first kappa shape index (κ1) is 18.2. The van der Waals surface area contributed by atoms with Gasteiger partial charge >= 0.3 is 0 Å². The molecule has 1 atom stereocenters. The van der Waals surface area contributed by atoms with Crippen LogP contribution in [0.5, 0.6) is 0 Å². The predicted molar refractivity (Wildman–Crippen MR) is 96.5 cm³/mol. The number of hydrogen-bond acceptors (Lipinski definition) is 4. The Kier molecular flexibility index (Phi) is 6.52. The number of aliphatic hydroxyl groups is 1. The Morgan fingerprint density at radius 3 is 2.46 bits per heavy atom. The summed E-state index contributed by atoms with van der Waals surface area (Å²) in [5, 5.41) is 18.5. The number of carbonyl (C=O) groups is 2. The standard InChI is InChI=1S/C18H22N2O3S/c1-3-14(9-21)19-17(22)8-13-4-6-15(7-5-13)20-18(23)16-11-24-10-12(16)2/h4-7,10-11,14,21H,3,8-9H2,1-2H3,(H,19,22)(H,20,23). The normalized spacial score (nSPS) is 11.8. The minimum absolute atomic E-state index is 0.0603. The van der Waals surface area contributed by atoms with Gasteiger partial charge in [-0.05, 0) is 42.0 Å². The topological polar surface area (TPSA) is 78.4 Å². The zero-order valence-electron chi connectivity index (χ0n) is 13.8. The van der Waals surface area contributed by atoms with E-state index >= 15 is 0 Å². The van der Waals surface area contributed by atoms with E-state index in [4.69, 9.17) is 5.11 Å². The summed E-state index contributed by atoms with van der Waals surface area (Å²) in [6, 6.07) is 6.99. The number of thiophene rings is 1. The van der Waals surface area contributed by atoms with Gasteiger partial charge in [-0.2, -0.15) is 11.3 Å². The van der Waals surface area contributed by atoms with Crippen LogP contribution in [0.25, 0.3) is 0 Å². The molecule has 0 radical (unpaired) electrons. The van der Waals surface area contributed by atoms with Gasteiger partial charge in [0.2, 0.25) is 5.91 Å². The van der Waals surface area contributed by atoms with Crippen molar-refractivity contribution in [1.82, 2.24) is 5.32 Å². The van der Waals surface area contributed by atoms with Gasteiger partial charge in [0.15, 0.2) is 0 Å². The lowest BCUT2D eigenvalue weighted by atomic mass is 10.1. The molecule has 0 aliphatic rings. The van der Waals surface area contributed by atoms with Gasteiger partial charge in [0.25, 0.3) is 5.91 Å². The van der Waals surface area contributed by atoms with E-state index in [1.807, 2.05) is 36.7 Å². The number of aryl methyl sites for hydroxylation is 1. The molecule has 0 saturated carbocycles. The lowest BCUT2D eigenvalue weighted by Crippen LogP contribution is -2.37. The van der Waals surface area contributed by atoms with Crippen molar-refractivity contribution in [3.63, 3.8) is 0 Å². The summed E-state index contributed by atoms with van der Waals surface area (Å²) in [4.78, 5) is 24.1. The van der Waals surface area contributed by atoms with Crippen molar-refractivity contribution in [2.45, 2.75) is 32.7 Å². The lowest BCUT2D eigenvalue weighted by Gasteiger charge is -2.14. The smallest absolute Gasteiger partial charge is 0.256 e. The van der Waals surface area contributed by atoms with Gasteiger partial charge in [-0.1, -0.05) is 19.1 Å². The van der Waals surface area contributed by atoms with Gasteiger partial charge in [0, 0.05) is 11.1 Å². The molecule has 6 heteroatoms. The second kappa shape index (κ2) is 8.61. The van der Waals surface area contributed by atoms with E-state index in [0.717, 1.165) is 11.1 Å². The first-order valence-electron chi connectivity index (χ1n) is 7.86. The van der Waals surface area contributed by atoms with Crippen LogP contribution in [-0.2, 0) is 11.2 Å². The average Bonchev–Trinajstić information content (AvgIpc) is 3.00. The van der Waals surface area contributed by atoms with Crippen LogP contribution in [0.3, 0.4) is 0 Å². The summed E-state index contributed by atoms with van der Waals surface area (Å²) in [6.07, 6.45) is 0.934. The van der Waals surface area contributed by atoms with Crippen molar-refractivity contribution < 1.29 is 14.7 Å². The van der Waals surface area contributed by atoms with Crippen molar-refractivity contribution in [2.24, 2.45) is 0 Å². The van der Waals surface area contributed by atoms with E-state index < -0.39 is 0 Å². The highest BCUT2D eigenvalue weighted by Gasteiger charge is 2.11. The minimum atomic E-state index is -0.204. The largest absolute Gasteiger partial charge is 0.394 e. The van der Waals surface area contributed by atoms with Gasteiger partial charge in [-0.25, -0.2) is 0 Å². The molecule has 0 fully saturated rings. The van der Waals surface area contributed by atoms with Crippen LogP contribution < -0.4 is 10.6 Å². The zero-order chi connectivity index (χ0) is 17.5. The van der Waals surface area contributed by atoms with Gasteiger partial charge < -0.3 is 15.7 Å². The number of nitrogens with one attached hydrogen (secondary N) is 2. The highest BCUT2D eigenvalue weighted by atomic mass is 32.1. The highest BCUT2D eigenvalue weighted by molar-refractivity contribution is 7.08. The highest BCUT2D eigenvalue weighted by Crippen LogP contribution is 2.17. The summed E-state index contributed by atoms with van der Waals surface area (Å²) in [5.74, 6) is -0.255. The minimum Gasteiger partial charge on any atom is -0.394 e. The van der Waals surface area contributed by atoms with Crippen LogP contribution in [0.4, 0.5) is 5.69 Å². The molecule has 128 valence electrons. The molecule has 3 N–H and O–H groups in total. The third-order valence-electron chi connectivity index (χ3n) is 3.75. The third-order valence-corrected chi connectivity index (χ3v) is 4.62. The molecule has 0 aliphatic carbocycles. The molecule has 1 aromatic heterocycles. The molecule has 5 nitrogen and oxygen atoms in total. The molecule has 2 rings (SSSR count). The van der Waals surface area contributed by atoms with Gasteiger partial charge in [0.1, 0.15) is 0 Å². The number of amides is 2. The Bertz CT molecular complexity index is 691. The van der Waals surface area contributed by atoms with E-state index in [1.165, 1.54) is 11.3 Å². The van der Waals surface area contributed by atoms with Gasteiger partial charge in [-0.3, -0.25) is 9.59 Å². The summed E-state index contributed by atoms with van der Waals surface area (Å²) in [6.45, 7) is 3.76. The van der Waals surface area contributed by atoms with Crippen molar-refractivity contribution in [3.05, 3.63) is 51.7 Å². The maximum atomic E-state index is 12.2. The van der Waals surface area contributed by atoms with Crippen molar-refractivity contribution in [2.75, 3.05) is 11.9 Å². The number of carbonyl (C=O) groups excluding carboxylic acids is 2. The van der Waals surface area contributed by atoms with Crippen molar-refractivity contribution in [1.29, 1.82) is 0 Å². The second-order valence-corrected chi connectivity index (χ2v) is 6.40. The fourth-order valence-electron chi connectivity index (χ4n) is 2.24. The first-order chi connectivity index (χ1) is 11.5. The van der Waals surface area contributed by atoms with Crippen LogP contribution >= 0.6 is 11.3 Å². The molecule has 2 amide bonds. The number of aliphatic hydroxyl groups excluding tert-OH is 1. The first-order valence-corrected chi connectivity index (χ1v) is 8.81. The van der Waals surface area contributed by atoms with Crippen LogP contribution in [0.15, 0.2) is 35.0 Å². The molecule has 0 saturated heterocycles. The predicted octanol–water partition coefficient (Wildman–Crippen LogP) is 2.74. The van der Waals surface area contributed by atoms with E-state index in [-0.39, 0.29) is 30.9 Å². The summed E-state index contributed by atoms with van der Waals surface area (Å²) < 4.78 is 0. The molecule has 0 aliphatic heterocycles. The van der Waals surface area contributed by atoms with E-state index in [1.54, 1.807) is 12.1 Å². The Balaban J connectivity index is 1.92. The van der Waals surface area contributed by atoms with E-state index in [9.17, 15) is 9.59 Å². The van der Waals surface area contributed by atoms with Crippen molar-refractivity contribution in [3.8, 4) is 0 Å². The molecule has 2 aromatic rings. The Hall–Kier alpha value is -2.18. The Labute approximate surface area is 145 Å². The fraction of sp³-hybridized carbons (Fsp3) is 0.333.